The molecule has 0 spiro atoms. The van der Waals surface area contributed by atoms with E-state index in [1.807, 2.05) is 0 Å². The number of carbonyl (C=O) groups is 1. The van der Waals surface area contributed by atoms with E-state index in [0.29, 0.717) is 17.5 Å². The molecule has 0 atom stereocenters. The molecule has 0 fully saturated rings. The Bertz CT molecular complexity index is 713. The average Bonchev–Trinajstić information content (AvgIpc) is 2.41. The number of esters is 1. The zero-order valence-electron chi connectivity index (χ0n) is 12.5. The highest BCUT2D eigenvalue weighted by Gasteiger charge is 2.49. The van der Waals surface area contributed by atoms with Gasteiger partial charge in [-0.15, -0.1) is 11.6 Å². The molecule has 0 aromatic heterocycles. The van der Waals surface area contributed by atoms with Gasteiger partial charge in [0.2, 0.25) is 0 Å². The van der Waals surface area contributed by atoms with Crippen LogP contribution < -0.4 is 4.18 Å². The van der Waals surface area contributed by atoms with E-state index in [1.54, 1.807) is 6.92 Å². The largest absolute Gasteiger partial charge is 0.534 e. The maximum absolute atomic E-state index is 12.5. The first-order valence-electron chi connectivity index (χ1n) is 6.24. The van der Waals surface area contributed by atoms with Crippen molar-refractivity contribution in [1.29, 1.82) is 0 Å². The summed E-state index contributed by atoms with van der Waals surface area (Å²) < 4.78 is 68.5. The van der Waals surface area contributed by atoms with Crippen molar-refractivity contribution < 1.29 is 35.3 Å². The summed E-state index contributed by atoms with van der Waals surface area (Å²) in [5.41, 5.74) is -4.69. The molecule has 1 rings (SSSR count). The molecule has 23 heavy (non-hydrogen) atoms. The van der Waals surface area contributed by atoms with Gasteiger partial charge in [0.05, 0.1) is 7.11 Å². The first-order chi connectivity index (χ1) is 10.5. The summed E-state index contributed by atoms with van der Waals surface area (Å²) in [7, 11) is -4.89. The van der Waals surface area contributed by atoms with E-state index in [9.17, 15) is 26.4 Å². The Labute approximate surface area is 136 Å². The molecule has 1 aromatic carbocycles. The van der Waals surface area contributed by atoms with Crippen molar-refractivity contribution in [3.8, 4) is 5.75 Å². The molecule has 0 aliphatic heterocycles. The summed E-state index contributed by atoms with van der Waals surface area (Å²) in [6, 6.07) is 1.05. The monoisotopic (exact) mass is 374 g/mol. The molecule has 0 N–H and O–H groups in total. The van der Waals surface area contributed by atoms with Crippen molar-refractivity contribution in [1.82, 2.24) is 0 Å². The minimum atomic E-state index is -5.91. The Morgan fingerprint density at radius 2 is 1.87 bits per heavy atom. The van der Waals surface area contributed by atoms with Crippen LogP contribution >= 0.6 is 11.6 Å². The molecule has 130 valence electrons. The molecule has 0 radical (unpaired) electrons. The Kier molecular flexibility index (Phi) is 5.92. The SMILES string of the molecule is COC(=O)c1c(OS(=O)(=O)C(F)(F)F)cc(C)c(CCCl)c1C. The number of carbonyl (C=O) groups excluding carboxylic acids is 1. The maximum Gasteiger partial charge on any atom is 0.534 e. The third-order valence-electron chi connectivity index (χ3n) is 3.11. The third kappa shape index (κ3) is 4.08. The van der Waals surface area contributed by atoms with E-state index < -0.39 is 27.3 Å². The topological polar surface area (TPSA) is 69.7 Å². The van der Waals surface area contributed by atoms with Crippen LogP contribution in [0.15, 0.2) is 6.07 Å². The van der Waals surface area contributed by atoms with Crippen LogP contribution in [0.25, 0.3) is 0 Å². The lowest BCUT2D eigenvalue weighted by atomic mass is 9.95. The van der Waals surface area contributed by atoms with E-state index in [1.165, 1.54) is 6.92 Å². The molecule has 0 saturated heterocycles. The van der Waals surface area contributed by atoms with Crippen molar-refractivity contribution in [3.63, 3.8) is 0 Å². The zero-order chi connectivity index (χ0) is 18.0. The van der Waals surface area contributed by atoms with Gasteiger partial charge in [0.1, 0.15) is 5.56 Å². The molecular weight excluding hydrogens is 361 g/mol. The van der Waals surface area contributed by atoms with Gasteiger partial charge < -0.3 is 8.92 Å². The molecule has 10 heteroatoms. The van der Waals surface area contributed by atoms with E-state index in [4.69, 9.17) is 11.6 Å². The summed E-state index contributed by atoms with van der Waals surface area (Å²) in [6.45, 7) is 3.00. The van der Waals surface area contributed by atoms with Gasteiger partial charge in [0.25, 0.3) is 0 Å². The van der Waals surface area contributed by atoms with Crippen LogP contribution in [0.5, 0.6) is 5.75 Å². The number of rotatable bonds is 5. The van der Waals surface area contributed by atoms with Gasteiger partial charge >= 0.3 is 21.6 Å². The molecule has 5 nitrogen and oxygen atoms in total. The third-order valence-corrected chi connectivity index (χ3v) is 4.27. The molecule has 1 aromatic rings. The van der Waals surface area contributed by atoms with Gasteiger partial charge in [-0.1, -0.05) is 0 Å². The smallest absolute Gasteiger partial charge is 0.465 e. The minimum Gasteiger partial charge on any atom is -0.465 e. The Morgan fingerprint density at radius 3 is 2.30 bits per heavy atom. The van der Waals surface area contributed by atoms with Gasteiger partial charge in [0, 0.05) is 5.88 Å². The Morgan fingerprint density at radius 1 is 1.30 bits per heavy atom. The standard InChI is InChI=1S/C13H14ClF3O5S/c1-7-6-10(22-23(19,20)13(15,16)17)11(12(18)21-3)8(2)9(7)4-5-14/h6H,4-5H2,1-3H3. The maximum atomic E-state index is 12.5. The molecule has 0 aliphatic carbocycles. The van der Waals surface area contributed by atoms with E-state index in [0.717, 1.165) is 13.2 Å². The second kappa shape index (κ2) is 6.96. The van der Waals surface area contributed by atoms with Crippen molar-refractivity contribution in [3.05, 3.63) is 28.3 Å². The summed E-state index contributed by atoms with van der Waals surface area (Å²) >= 11 is 5.66. The fraction of sp³-hybridized carbons (Fsp3) is 0.462. The number of ether oxygens (including phenoxy) is 1. The molecule has 0 amide bonds. The van der Waals surface area contributed by atoms with Gasteiger partial charge in [-0.05, 0) is 43.0 Å². The molecular formula is C13H14ClF3O5S. The highest BCUT2D eigenvalue weighted by molar-refractivity contribution is 7.88. The van der Waals surface area contributed by atoms with Gasteiger partial charge in [-0.3, -0.25) is 0 Å². The highest BCUT2D eigenvalue weighted by atomic mass is 35.5. The zero-order valence-corrected chi connectivity index (χ0v) is 14.0. The van der Waals surface area contributed by atoms with Crippen LogP contribution in [0.1, 0.15) is 27.0 Å². The first kappa shape index (κ1) is 19.6. The van der Waals surface area contributed by atoms with Crippen LogP contribution in [0.3, 0.4) is 0 Å². The fourth-order valence-electron chi connectivity index (χ4n) is 2.05. The predicted molar refractivity (Wildman–Crippen MR) is 77.3 cm³/mol. The normalized spacial score (nSPS) is 12.1. The second-order valence-corrected chi connectivity index (χ2v) is 6.50. The summed E-state index contributed by atoms with van der Waals surface area (Å²) in [5, 5.41) is 0. The van der Waals surface area contributed by atoms with Crippen LogP contribution in [0.4, 0.5) is 13.2 Å². The predicted octanol–water partition coefficient (Wildman–Crippen LogP) is 3.10. The van der Waals surface area contributed by atoms with Crippen LogP contribution in [-0.4, -0.2) is 32.9 Å². The van der Waals surface area contributed by atoms with Gasteiger partial charge in [-0.25, -0.2) is 4.79 Å². The van der Waals surface area contributed by atoms with Crippen molar-refractivity contribution >= 4 is 27.7 Å². The second-order valence-electron chi connectivity index (χ2n) is 4.58. The molecule has 0 aliphatic rings. The van der Waals surface area contributed by atoms with Gasteiger partial charge in [-0.2, -0.15) is 21.6 Å². The van der Waals surface area contributed by atoms with Crippen LogP contribution in [0, 0.1) is 13.8 Å². The quantitative estimate of drug-likeness (QED) is 0.343. The number of benzene rings is 1. The van der Waals surface area contributed by atoms with Crippen LogP contribution in [0.2, 0.25) is 0 Å². The number of alkyl halides is 4. The average molecular weight is 375 g/mol. The lowest BCUT2D eigenvalue weighted by Crippen LogP contribution is -2.29. The number of halogens is 4. The van der Waals surface area contributed by atoms with Crippen molar-refractivity contribution in [2.75, 3.05) is 13.0 Å². The molecule has 0 heterocycles. The number of hydrogen-bond donors (Lipinski definition) is 0. The van der Waals surface area contributed by atoms with E-state index in [2.05, 4.69) is 8.92 Å². The highest BCUT2D eigenvalue weighted by Crippen LogP contribution is 2.34. The summed E-state index contributed by atoms with van der Waals surface area (Å²) in [4.78, 5) is 11.8. The lowest BCUT2D eigenvalue weighted by Gasteiger charge is -2.18. The lowest BCUT2D eigenvalue weighted by molar-refractivity contribution is -0.0500. The minimum absolute atomic E-state index is 0.212. The molecule has 0 saturated carbocycles. The van der Waals surface area contributed by atoms with Gasteiger partial charge in [0.15, 0.2) is 5.75 Å². The summed E-state index contributed by atoms with van der Waals surface area (Å²) in [6.07, 6.45) is 0.343. The first-order valence-corrected chi connectivity index (χ1v) is 8.18. The van der Waals surface area contributed by atoms with Crippen molar-refractivity contribution in [2.24, 2.45) is 0 Å². The molecule has 0 bridgehead atoms. The fourth-order valence-corrected chi connectivity index (χ4v) is 2.70. The molecule has 0 unspecified atom stereocenters. The Balaban J connectivity index is 3.57. The number of methoxy groups -OCH3 is 1. The number of aryl methyl sites for hydroxylation is 1. The summed E-state index contributed by atoms with van der Waals surface area (Å²) in [5.74, 6) is -1.53. The number of hydrogen-bond acceptors (Lipinski definition) is 5. The van der Waals surface area contributed by atoms with Crippen molar-refractivity contribution in [2.45, 2.75) is 25.8 Å². The Hall–Kier alpha value is -1.48. The van der Waals surface area contributed by atoms with E-state index in [-0.39, 0.29) is 17.0 Å². The van der Waals surface area contributed by atoms with E-state index >= 15 is 0 Å². The van der Waals surface area contributed by atoms with Crippen LogP contribution in [-0.2, 0) is 21.3 Å².